The van der Waals surface area contributed by atoms with Crippen LogP contribution in [-0.4, -0.2) is 16.6 Å². The van der Waals surface area contributed by atoms with Crippen molar-refractivity contribution in [1.82, 2.24) is 9.97 Å². The molecule has 90 valence electrons. The Labute approximate surface area is 101 Å². The van der Waals surface area contributed by atoms with Crippen LogP contribution in [0.2, 0.25) is 0 Å². The molecule has 1 heterocycles. The Kier molecular flexibility index (Phi) is 3.44. The number of nitrogens with two attached hydrogens (primary N) is 1. The maximum atomic E-state index is 6.12. The number of nitrogens with one attached hydrogen (secondary N) is 1. The van der Waals surface area contributed by atoms with Gasteiger partial charge in [0.05, 0.1) is 12.6 Å². The molecule has 0 radical (unpaired) electrons. The van der Waals surface area contributed by atoms with Crippen LogP contribution in [0, 0.1) is 6.92 Å². The summed E-state index contributed by atoms with van der Waals surface area (Å²) in [6.07, 6.45) is 3.48. The van der Waals surface area contributed by atoms with E-state index in [1.165, 1.54) is 0 Å². The summed E-state index contributed by atoms with van der Waals surface area (Å²) >= 11 is 0. The molecule has 0 spiro atoms. The summed E-state index contributed by atoms with van der Waals surface area (Å²) in [5.41, 5.74) is 8.24. The molecule has 1 aromatic carbocycles. The molecular weight excluding hydrogens is 214 g/mol. The lowest BCUT2D eigenvalue weighted by Gasteiger charge is -2.13. The van der Waals surface area contributed by atoms with Gasteiger partial charge in [-0.2, -0.15) is 0 Å². The van der Waals surface area contributed by atoms with Gasteiger partial charge in [-0.25, -0.2) is 4.98 Å². The van der Waals surface area contributed by atoms with Crippen LogP contribution < -0.4 is 10.5 Å². The molecule has 0 fully saturated rings. The predicted octanol–water partition coefficient (Wildman–Crippen LogP) is 2.16. The first-order chi connectivity index (χ1) is 8.22. The highest BCUT2D eigenvalue weighted by atomic mass is 16.5. The molecule has 1 unspecified atom stereocenters. The Bertz CT molecular complexity index is 479. The van der Waals surface area contributed by atoms with Gasteiger partial charge < -0.3 is 15.5 Å². The second kappa shape index (κ2) is 5.01. The van der Waals surface area contributed by atoms with E-state index in [0.29, 0.717) is 6.61 Å². The minimum Gasteiger partial charge on any atom is -0.494 e. The topological polar surface area (TPSA) is 63.9 Å². The highest BCUT2D eigenvalue weighted by molar-refractivity contribution is 5.38. The molecule has 0 aliphatic heterocycles. The SMILES string of the molecule is CCOc1ccc(C(N)c2ncc[nH]2)cc1C. The summed E-state index contributed by atoms with van der Waals surface area (Å²) in [7, 11) is 0. The van der Waals surface area contributed by atoms with Crippen molar-refractivity contribution in [2.45, 2.75) is 19.9 Å². The minimum absolute atomic E-state index is 0.223. The predicted molar refractivity (Wildman–Crippen MR) is 67.0 cm³/mol. The van der Waals surface area contributed by atoms with Crippen molar-refractivity contribution in [1.29, 1.82) is 0 Å². The molecule has 1 aromatic heterocycles. The number of aromatic nitrogens is 2. The molecule has 2 rings (SSSR count). The van der Waals surface area contributed by atoms with E-state index in [1.807, 2.05) is 32.0 Å². The second-order valence-corrected chi connectivity index (χ2v) is 3.91. The van der Waals surface area contributed by atoms with E-state index < -0.39 is 0 Å². The Morgan fingerprint density at radius 2 is 2.29 bits per heavy atom. The molecule has 0 bridgehead atoms. The summed E-state index contributed by atoms with van der Waals surface area (Å²) in [4.78, 5) is 7.20. The Balaban J connectivity index is 2.25. The first-order valence-corrected chi connectivity index (χ1v) is 5.70. The van der Waals surface area contributed by atoms with Crippen LogP contribution in [0.25, 0.3) is 0 Å². The van der Waals surface area contributed by atoms with Crippen LogP contribution in [0.5, 0.6) is 5.75 Å². The highest BCUT2D eigenvalue weighted by Gasteiger charge is 2.12. The lowest BCUT2D eigenvalue weighted by atomic mass is 10.0. The summed E-state index contributed by atoms with van der Waals surface area (Å²) < 4.78 is 5.50. The van der Waals surface area contributed by atoms with Crippen LogP contribution in [0.1, 0.15) is 29.9 Å². The Morgan fingerprint density at radius 3 is 2.88 bits per heavy atom. The fraction of sp³-hybridized carbons (Fsp3) is 0.308. The van der Waals surface area contributed by atoms with Gasteiger partial charge in [0.1, 0.15) is 11.6 Å². The number of hydrogen-bond donors (Lipinski definition) is 2. The zero-order valence-corrected chi connectivity index (χ0v) is 10.1. The average molecular weight is 231 g/mol. The van der Waals surface area contributed by atoms with Gasteiger partial charge in [0.25, 0.3) is 0 Å². The molecule has 0 aliphatic carbocycles. The summed E-state index contributed by atoms with van der Waals surface area (Å²) in [6, 6.07) is 5.75. The normalized spacial score (nSPS) is 12.4. The third kappa shape index (κ3) is 2.47. The number of ether oxygens (including phenoxy) is 1. The molecule has 0 saturated carbocycles. The molecular formula is C13H17N3O. The van der Waals surface area contributed by atoms with E-state index in [-0.39, 0.29) is 6.04 Å². The molecule has 1 atom stereocenters. The van der Waals surface area contributed by atoms with Gasteiger partial charge in [0.2, 0.25) is 0 Å². The van der Waals surface area contributed by atoms with Crippen molar-refractivity contribution in [3.63, 3.8) is 0 Å². The number of aryl methyl sites for hydroxylation is 1. The molecule has 17 heavy (non-hydrogen) atoms. The van der Waals surface area contributed by atoms with Crippen molar-refractivity contribution in [3.8, 4) is 5.75 Å². The number of nitrogens with zero attached hydrogens (tertiary/aromatic N) is 1. The minimum atomic E-state index is -0.223. The van der Waals surface area contributed by atoms with E-state index in [0.717, 1.165) is 22.7 Å². The van der Waals surface area contributed by atoms with Crippen molar-refractivity contribution in [2.24, 2.45) is 5.73 Å². The third-order valence-corrected chi connectivity index (χ3v) is 2.67. The number of aromatic amines is 1. The van der Waals surface area contributed by atoms with E-state index in [2.05, 4.69) is 9.97 Å². The second-order valence-electron chi connectivity index (χ2n) is 3.91. The molecule has 4 heteroatoms. The maximum Gasteiger partial charge on any atom is 0.127 e. The number of H-pyrrole nitrogens is 1. The van der Waals surface area contributed by atoms with E-state index in [4.69, 9.17) is 10.5 Å². The lowest BCUT2D eigenvalue weighted by Crippen LogP contribution is -2.13. The summed E-state index contributed by atoms with van der Waals surface area (Å²) in [5, 5.41) is 0. The average Bonchev–Trinajstić information content (AvgIpc) is 2.84. The number of hydrogen-bond acceptors (Lipinski definition) is 3. The Morgan fingerprint density at radius 1 is 1.47 bits per heavy atom. The van der Waals surface area contributed by atoms with Gasteiger partial charge in [0, 0.05) is 12.4 Å². The standard InChI is InChI=1S/C13H17N3O/c1-3-17-11-5-4-10(8-9(11)2)12(14)13-15-6-7-16-13/h4-8,12H,3,14H2,1-2H3,(H,15,16). The van der Waals surface area contributed by atoms with Gasteiger partial charge in [-0.15, -0.1) is 0 Å². The van der Waals surface area contributed by atoms with Crippen LogP contribution in [0.15, 0.2) is 30.6 Å². The number of rotatable bonds is 4. The lowest BCUT2D eigenvalue weighted by molar-refractivity contribution is 0.337. The number of benzene rings is 1. The fourth-order valence-electron chi connectivity index (χ4n) is 1.79. The van der Waals surface area contributed by atoms with Crippen molar-refractivity contribution < 1.29 is 4.74 Å². The van der Waals surface area contributed by atoms with Crippen molar-refractivity contribution in [2.75, 3.05) is 6.61 Å². The van der Waals surface area contributed by atoms with E-state index >= 15 is 0 Å². The molecule has 3 N–H and O–H groups in total. The van der Waals surface area contributed by atoms with Crippen LogP contribution in [-0.2, 0) is 0 Å². The van der Waals surface area contributed by atoms with Gasteiger partial charge in [0.15, 0.2) is 0 Å². The molecule has 0 amide bonds. The zero-order valence-electron chi connectivity index (χ0n) is 10.1. The monoisotopic (exact) mass is 231 g/mol. The maximum absolute atomic E-state index is 6.12. The van der Waals surface area contributed by atoms with Crippen LogP contribution in [0.3, 0.4) is 0 Å². The van der Waals surface area contributed by atoms with Crippen molar-refractivity contribution >= 4 is 0 Å². The van der Waals surface area contributed by atoms with Gasteiger partial charge >= 0.3 is 0 Å². The molecule has 0 aliphatic rings. The van der Waals surface area contributed by atoms with Crippen LogP contribution >= 0.6 is 0 Å². The first-order valence-electron chi connectivity index (χ1n) is 5.70. The van der Waals surface area contributed by atoms with E-state index in [9.17, 15) is 0 Å². The molecule has 2 aromatic rings. The van der Waals surface area contributed by atoms with E-state index in [1.54, 1.807) is 12.4 Å². The number of imidazole rings is 1. The quantitative estimate of drug-likeness (QED) is 0.847. The van der Waals surface area contributed by atoms with Gasteiger partial charge in [-0.05, 0) is 31.0 Å². The molecule has 4 nitrogen and oxygen atoms in total. The molecule has 0 saturated heterocycles. The zero-order chi connectivity index (χ0) is 12.3. The first kappa shape index (κ1) is 11.7. The third-order valence-electron chi connectivity index (χ3n) is 2.67. The van der Waals surface area contributed by atoms with Crippen LogP contribution in [0.4, 0.5) is 0 Å². The summed E-state index contributed by atoms with van der Waals surface area (Å²) in [5.74, 6) is 1.68. The Hall–Kier alpha value is -1.81. The smallest absolute Gasteiger partial charge is 0.127 e. The fourth-order valence-corrected chi connectivity index (χ4v) is 1.79. The van der Waals surface area contributed by atoms with Gasteiger partial charge in [-0.3, -0.25) is 0 Å². The van der Waals surface area contributed by atoms with Crippen molar-refractivity contribution in [3.05, 3.63) is 47.5 Å². The largest absolute Gasteiger partial charge is 0.494 e. The highest BCUT2D eigenvalue weighted by Crippen LogP contribution is 2.23. The summed E-state index contributed by atoms with van der Waals surface area (Å²) in [6.45, 7) is 4.66. The van der Waals surface area contributed by atoms with Gasteiger partial charge in [-0.1, -0.05) is 12.1 Å².